The standard InChI is InChI=1S/C34H40N2O6/c1-6-8-20-41-32(40)27-26-30(38)36(25(21-37)24-15-10-9-11-16-24)29(34(26)18-17-33(27,5)42-34)31(39)35(19-7-2)28-22(3)13-12-14-23(28)4/h6-7,9-16,25-27,29,37H,1-2,8,17-21H2,3-5H3/t25-,26+,27-,29?,33+,34?/m1/s1. The Kier molecular flexibility index (Phi) is 8.14. The molecule has 3 aliphatic heterocycles. The van der Waals surface area contributed by atoms with Crippen molar-refractivity contribution in [3.63, 3.8) is 0 Å². The molecular weight excluding hydrogens is 532 g/mol. The number of carbonyl (C=O) groups excluding carboxylic acids is 3. The number of fused-ring (bicyclic) bond motifs is 1. The van der Waals surface area contributed by atoms with E-state index in [1.165, 1.54) is 4.90 Å². The maximum atomic E-state index is 15.0. The number of rotatable bonds is 11. The average Bonchev–Trinajstić information content (AvgIpc) is 3.54. The van der Waals surface area contributed by atoms with E-state index in [-0.39, 0.29) is 25.0 Å². The van der Waals surface area contributed by atoms with Crippen LogP contribution in [0.1, 0.15) is 48.9 Å². The molecule has 0 aromatic heterocycles. The van der Waals surface area contributed by atoms with Crippen molar-refractivity contribution in [2.45, 2.75) is 63.3 Å². The molecule has 2 bridgehead atoms. The van der Waals surface area contributed by atoms with Gasteiger partial charge in [-0.2, -0.15) is 0 Å². The number of aliphatic hydroxyl groups excluding tert-OH is 1. The Balaban J connectivity index is 1.66. The van der Waals surface area contributed by atoms with Crippen molar-refractivity contribution in [2.24, 2.45) is 11.8 Å². The lowest BCUT2D eigenvalue weighted by Crippen LogP contribution is -2.57. The first-order chi connectivity index (χ1) is 20.1. The molecule has 0 saturated carbocycles. The predicted octanol–water partition coefficient (Wildman–Crippen LogP) is 4.44. The summed E-state index contributed by atoms with van der Waals surface area (Å²) in [5.74, 6) is -3.03. The van der Waals surface area contributed by atoms with Crippen molar-refractivity contribution in [1.29, 1.82) is 0 Å². The van der Waals surface area contributed by atoms with Crippen LogP contribution < -0.4 is 4.90 Å². The fourth-order valence-electron chi connectivity index (χ4n) is 7.50. The minimum atomic E-state index is -1.26. The van der Waals surface area contributed by atoms with Crippen LogP contribution >= 0.6 is 0 Å². The fraction of sp³-hybridized carbons (Fsp3) is 0.441. The number of para-hydroxylation sites is 1. The van der Waals surface area contributed by atoms with Gasteiger partial charge in [0.25, 0.3) is 5.91 Å². The zero-order chi connectivity index (χ0) is 30.2. The lowest BCUT2D eigenvalue weighted by Gasteiger charge is -2.40. The molecule has 3 saturated heterocycles. The topological polar surface area (TPSA) is 96.4 Å². The van der Waals surface area contributed by atoms with Gasteiger partial charge in [-0.3, -0.25) is 14.4 Å². The van der Waals surface area contributed by atoms with Gasteiger partial charge in [-0.15, -0.1) is 13.2 Å². The van der Waals surface area contributed by atoms with Gasteiger partial charge in [0.2, 0.25) is 5.91 Å². The smallest absolute Gasteiger partial charge is 0.312 e. The summed E-state index contributed by atoms with van der Waals surface area (Å²) in [7, 11) is 0. The normalized spacial score (nSPS) is 28.3. The van der Waals surface area contributed by atoms with Crippen LogP contribution in [0.5, 0.6) is 0 Å². The number of anilines is 1. The Hall–Kier alpha value is -3.75. The predicted molar refractivity (Wildman–Crippen MR) is 160 cm³/mol. The van der Waals surface area contributed by atoms with E-state index in [1.54, 1.807) is 17.1 Å². The second kappa shape index (κ2) is 11.5. The molecule has 3 aliphatic rings. The Morgan fingerprint density at radius 2 is 1.81 bits per heavy atom. The first-order valence-corrected chi connectivity index (χ1v) is 14.6. The first-order valence-electron chi connectivity index (χ1n) is 14.6. The van der Waals surface area contributed by atoms with Crippen LogP contribution in [0.3, 0.4) is 0 Å². The van der Waals surface area contributed by atoms with Crippen molar-refractivity contribution in [2.75, 3.05) is 24.7 Å². The molecule has 2 aromatic rings. The van der Waals surface area contributed by atoms with Gasteiger partial charge < -0.3 is 24.4 Å². The minimum Gasteiger partial charge on any atom is -0.465 e. The van der Waals surface area contributed by atoms with Crippen molar-refractivity contribution >= 4 is 23.5 Å². The molecule has 1 N–H and O–H groups in total. The van der Waals surface area contributed by atoms with E-state index >= 15 is 0 Å². The zero-order valence-electron chi connectivity index (χ0n) is 24.6. The van der Waals surface area contributed by atoms with E-state index in [4.69, 9.17) is 9.47 Å². The highest BCUT2D eigenvalue weighted by atomic mass is 16.6. The molecule has 3 fully saturated rings. The number of hydrogen-bond donors (Lipinski definition) is 1. The van der Waals surface area contributed by atoms with Gasteiger partial charge >= 0.3 is 5.97 Å². The van der Waals surface area contributed by atoms with Crippen molar-refractivity contribution < 1.29 is 29.0 Å². The number of likely N-dealkylation sites (tertiary alicyclic amines) is 1. The van der Waals surface area contributed by atoms with E-state index in [0.29, 0.717) is 24.8 Å². The maximum absolute atomic E-state index is 15.0. The molecule has 6 atom stereocenters. The lowest BCUT2D eigenvalue weighted by atomic mass is 9.66. The van der Waals surface area contributed by atoms with Crippen molar-refractivity contribution in [3.05, 3.63) is 90.5 Å². The number of ether oxygens (including phenoxy) is 2. The zero-order valence-corrected chi connectivity index (χ0v) is 24.6. The monoisotopic (exact) mass is 572 g/mol. The molecule has 222 valence electrons. The lowest BCUT2D eigenvalue weighted by molar-refractivity contribution is -0.160. The van der Waals surface area contributed by atoms with Gasteiger partial charge in [0, 0.05) is 12.2 Å². The van der Waals surface area contributed by atoms with Gasteiger partial charge in [-0.25, -0.2) is 0 Å². The molecule has 42 heavy (non-hydrogen) atoms. The van der Waals surface area contributed by atoms with Crippen LogP contribution in [0.15, 0.2) is 73.8 Å². The maximum Gasteiger partial charge on any atom is 0.312 e. The summed E-state index contributed by atoms with van der Waals surface area (Å²) in [6.45, 7) is 13.3. The molecule has 1 spiro atoms. The Bertz CT molecular complexity index is 1370. The molecule has 0 aliphatic carbocycles. The Labute approximate surface area is 247 Å². The van der Waals surface area contributed by atoms with Crippen LogP contribution in [0.2, 0.25) is 0 Å². The van der Waals surface area contributed by atoms with Gasteiger partial charge in [0.15, 0.2) is 0 Å². The van der Waals surface area contributed by atoms with Crippen LogP contribution in [0, 0.1) is 25.7 Å². The average molecular weight is 573 g/mol. The van der Waals surface area contributed by atoms with Crippen molar-refractivity contribution in [3.8, 4) is 0 Å². The SMILES string of the molecule is C=CCCOC(=O)[C@H]1[C@H]2C(=O)N([C@H](CO)c3ccccc3)C(C(=O)N(CC=C)c3c(C)cccc3C)C23CC[C@]1(C)O3. The van der Waals surface area contributed by atoms with Crippen LogP contribution in [0.4, 0.5) is 5.69 Å². The number of carbonyl (C=O) groups is 3. The van der Waals surface area contributed by atoms with Crippen LogP contribution in [-0.2, 0) is 23.9 Å². The summed E-state index contributed by atoms with van der Waals surface area (Å²) in [5.41, 5.74) is 1.03. The largest absolute Gasteiger partial charge is 0.465 e. The van der Waals surface area contributed by atoms with E-state index in [0.717, 1.165) is 16.8 Å². The summed E-state index contributed by atoms with van der Waals surface area (Å²) >= 11 is 0. The van der Waals surface area contributed by atoms with Crippen molar-refractivity contribution in [1.82, 2.24) is 4.90 Å². The summed E-state index contributed by atoms with van der Waals surface area (Å²) in [4.78, 5) is 46.3. The van der Waals surface area contributed by atoms with E-state index in [2.05, 4.69) is 13.2 Å². The van der Waals surface area contributed by atoms with E-state index < -0.39 is 47.7 Å². The number of aliphatic hydroxyl groups is 1. The summed E-state index contributed by atoms with van der Waals surface area (Å²) in [6, 6.07) is 13.1. The van der Waals surface area contributed by atoms with E-state index in [9.17, 15) is 19.5 Å². The van der Waals surface area contributed by atoms with Crippen LogP contribution in [0.25, 0.3) is 0 Å². The van der Waals surface area contributed by atoms with E-state index in [1.807, 2.05) is 69.3 Å². The summed E-state index contributed by atoms with van der Waals surface area (Å²) in [5, 5.41) is 10.7. The van der Waals surface area contributed by atoms with Crippen LogP contribution in [-0.4, -0.2) is 64.8 Å². The highest BCUT2D eigenvalue weighted by Gasteiger charge is 2.79. The molecule has 2 aromatic carbocycles. The summed E-state index contributed by atoms with van der Waals surface area (Å²) < 4.78 is 12.4. The van der Waals surface area contributed by atoms with Gasteiger partial charge in [-0.1, -0.05) is 60.7 Å². The van der Waals surface area contributed by atoms with Gasteiger partial charge in [-0.05, 0) is 56.7 Å². The fourth-order valence-corrected chi connectivity index (χ4v) is 7.50. The molecule has 2 unspecified atom stereocenters. The highest BCUT2D eigenvalue weighted by molar-refractivity contribution is 6.05. The number of nitrogens with zero attached hydrogens (tertiary/aromatic N) is 2. The third-order valence-corrected chi connectivity index (χ3v) is 9.25. The molecule has 3 heterocycles. The molecule has 8 heteroatoms. The number of amides is 2. The minimum absolute atomic E-state index is 0.151. The van der Waals surface area contributed by atoms with Gasteiger partial charge in [0.05, 0.1) is 30.8 Å². The number of benzene rings is 2. The second-order valence-electron chi connectivity index (χ2n) is 11.8. The molecule has 8 nitrogen and oxygen atoms in total. The number of aryl methyl sites for hydroxylation is 2. The molecular formula is C34H40N2O6. The van der Waals surface area contributed by atoms with Gasteiger partial charge in [0.1, 0.15) is 17.6 Å². The molecule has 2 amide bonds. The third-order valence-electron chi connectivity index (χ3n) is 9.25. The Morgan fingerprint density at radius 1 is 1.12 bits per heavy atom. The number of esters is 1. The summed E-state index contributed by atoms with van der Waals surface area (Å²) in [6.07, 6.45) is 4.73. The highest BCUT2D eigenvalue weighted by Crippen LogP contribution is 2.64. The second-order valence-corrected chi connectivity index (χ2v) is 11.8. The molecule has 0 radical (unpaired) electrons. The third kappa shape index (κ3) is 4.57. The quantitative estimate of drug-likeness (QED) is 0.243. The number of hydrogen-bond acceptors (Lipinski definition) is 6. The first kappa shape index (κ1) is 29.7. The Morgan fingerprint density at radius 3 is 2.43 bits per heavy atom. The molecule has 5 rings (SSSR count).